The lowest BCUT2D eigenvalue weighted by Crippen LogP contribution is -2.38. The van der Waals surface area contributed by atoms with Crippen molar-refractivity contribution in [3.63, 3.8) is 0 Å². The Morgan fingerprint density at radius 2 is 2.00 bits per heavy atom. The molecule has 1 aliphatic heterocycles. The van der Waals surface area contributed by atoms with Crippen LogP contribution in [-0.4, -0.2) is 71.2 Å². The van der Waals surface area contributed by atoms with Gasteiger partial charge < -0.3 is 25.3 Å². The van der Waals surface area contributed by atoms with Crippen molar-refractivity contribution in [2.45, 2.75) is 19.1 Å². The molecule has 1 heterocycles. The smallest absolute Gasteiger partial charge is 0.257 e. The summed E-state index contributed by atoms with van der Waals surface area (Å²) in [6.45, 7) is 2.00. The Hall–Kier alpha value is -2.12. The monoisotopic (exact) mass is 307 g/mol. The number of aliphatic hydroxyl groups excluding tert-OH is 1. The third-order valence-corrected chi connectivity index (χ3v) is 3.76. The van der Waals surface area contributed by atoms with Gasteiger partial charge in [-0.05, 0) is 26.2 Å². The number of phenols is 1. The summed E-state index contributed by atoms with van der Waals surface area (Å²) in [6.07, 6.45) is -0.611. The highest BCUT2D eigenvalue weighted by atomic mass is 16.3. The van der Waals surface area contributed by atoms with Gasteiger partial charge in [0.2, 0.25) is 5.91 Å². The summed E-state index contributed by atoms with van der Waals surface area (Å²) < 4.78 is 0. The Morgan fingerprint density at radius 1 is 1.32 bits per heavy atom. The van der Waals surface area contributed by atoms with Crippen molar-refractivity contribution in [2.24, 2.45) is 0 Å². The molecule has 0 radical (unpaired) electrons. The lowest BCUT2D eigenvalue weighted by Gasteiger charge is -2.21. The summed E-state index contributed by atoms with van der Waals surface area (Å²) in [5.41, 5.74) is 0.579. The Bertz CT molecular complexity index is 588. The highest BCUT2D eigenvalue weighted by Crippen LogP contribution is 2.25. The molecule has 0 aromatic heterocycles. The number of phenolic OH excluding ortho intramolecular Hbond substituents is 1. The topological polar surface area (TPSA) is 93.1 Å². The van der Waals surface area contributed by atoms with E-state index in [2.05, 4.69) is 5.32 Å². The molecule has 22 heavy (non-hydrogen) atoms. The third-order valence-electron chi connectivity index (χ3n) is 3.76. The van der Waals surface area contributed by atoms with E-state index in [0.717, 1.165) is 0 Å². The fourth-order valence-electron chi connectivity index (χ4n) is 2.61. The summed E-state index contributed by atoms with van der Waals surface area (Å²) in [6, 6.07) is 4.25. The van der Waals surface area contributed by atoms with Crippen LogP contribution in [0.4, 0.5) is 5.69 Å². The number of hydrogen-bond acceptors (Lipinski definition) is 5. The minimum absolute atomic E-state index is 0.121. The van der Waals surface area contributed by atoms with Crippen LogP contribution in [0, 0.1) is 0 Å². The molecule has 2 atom stereocenters. The molecule has 2 amide bonds. The molecule has 1 aliphatic rings. The molecule has 0 aliphatic carbocycles. The lowest BCUT2D eigenvalue weighted by atomic mass is 10.1. The van der Waals surface area contributed by atoms with Crippen molar-refractivity contribution in [1.82, 2.24) is 9.80 Å². The molecule has 2 rings (SSSR count). The molecular formula is C15H21N3O4. The molecule has 0 saturated carbocycles. The fraction of sp³-hybridized carbons (Fsp3) is 0.467. The SMILES string of the molecule is CC(=O)Nc1ccc(C(=O)N2C[C@H](O)[C@@H](N(C)C)C2)c(O)c1. The maximum atomic E-state index is 12.5. The van der Waals surface area contributed by atoms with E-state index in [4.69, 9.17) is 0 Å². The van der Waals surface area contributed by atoms with Crippen molar-refractivity contribution >= 4 is 17.5 Å². The zero-order valence-electron chi connectivity index (χ0n) is 12.9. The first-order chi connectivity index (χ1) is 10.3. The number of nitrogens with zero attached hydrogens (tertiary/aromatic N) is 2. The van der Waals surface area contributed by atoms with Crippen molar-refractivity contribution in [3.8, 4) is 5.75 Å². The molecule has 1 aromatic carbocycles. The van der Waals surface area contributed by atoms with Gasteiger partial charge in [0, 0.05) is 31.8 Å². The first-order valence-electron chi connectivity index (χ1n) is 7.04. The summed E-state index contributed by atoms with van der Waals surface area (Å²) in [4.78, 5) is 26.8. The normalized spacial score (nSPS) is 21.2. The zero-order chi connectivity index (χ0) is 16.4. The number of likely N-dealkylation sites (N-methyl/N-ethyl adjacent to an activating group) is 1. The van der Waals surface area contributed by atoms with Crippen LogP contribution >= 0.6 is 0 Å². The minimum atomic E-state index is -0.611. The van der Waals surface area contributed by atoms with Gasteiger partial charge in [0.05, 0.1) is 17.7 Å². The number of nitrogens with one attached hydrogen (secondary N) is 1. The molecule has 120 valence electrons. The second-order valence-corrected chi connectivity index (χ2v) is 5.72. The van der Waals surface area contributed by atoms with Crippen LogP contribution in [0.2, 0.25) is 0 Å². The van der Waals surface area contributed by atoms with E-state index < -0.39 is 6.10 Å². The number of rotatable bonds is 3. The summed E-state index contributed by atoms with van der Waals surface area (Å²) in [5, 5.41) is 22.5. The third kappa shape index (κ3) is 3.37. The van der Waals surface area contributed by atoms with Crippen molar-refractivity contribution in [3.05, 3.63) is 23.8 Å². The number of carbonyl (C=O) groups is 2. The largest absolute Gasteiger partial charge is 0.507 e. The molecule has 0 spiro atoms. The maximum Gasteiger partial charge on any atom is 0.257 e. The molecule has 1 aromatic rings. The standard InChI is InChI=1S/C15H21N3O4/c1-9(19)16-10-4-5-11(13(20)6-10)15(22)18-7-12(17(2)3)14(21)8-18/h4-6,12,14,20-21H,7-8H2,1-3H3,(H,16,19)/t12-,14-/m0/s1. The molecular weight excluding hydrogens is 286 g/mol. The van der Waals surface area contributed by atoms with Gasteiger partial charge in [0.1, 0.15) is 5.75 Å². The Kier molecular flexibility index (Phi) is 4.68. The number of β-amino-alcohol motifs (C(OH)–C–C–N with tert-alkyl or cyclic N) is 1. The van der Waals surface area contributed by atoms with Crippen LogP contribution in [0.3, 0.4) is 0 Å². The number of hydrogen-bond donors (Lipinski definition) is 3. The van der Waals surface area contributed by atoms with Crippen LogP contribution in [0.5, 0.6) is 5.75 Å². The molecule has 0 bridgehead atoms. The number of amides is 2. The number of anilines is 1. The molecule has 7 heteroatoms. The van der Waals surface area contributed by atoms with E-state index in [1.807, 2.05) is 19.0 Å². The van der Waals surface area contributed by atoms with Crippen LogP contribution in [-0.2, 0) is 4.79 Å². The first kappa shape index (κ1) is 16.3. The van der Waals surface area contributed by atoms with Gasteiger partial charge in [-0.1, -0.05) is 0 Å². The van der Waals surface area contributed by atoms with Gasteiger partial charge in [-0.3, -0.25) is 9.59 Å². The number of benzene rings is 1. The van der Waals surface area contributed by atoms with Crippen LogP contribution in [0.25, 0.3) is 0 Å². The molecule has 1 saturated heterocycles. The predicted molar refractivity (Wildman–Crippen MR) is 81.8 cm³/mol. The molecule has 3 N–H and O–H groups in total. The van der Waals surface area contributed by atoms with E-state index in [1.54, 1.807) is 6.07 Å². The average molecular weight is 307 g/mol. The summed E-state index contributed by atoms with van der Waals surface area (Å²) in [7, 11) is 3.70. The van der Waals surface area contributed by atoms with E-state index >= 15 is 0 Å². The summed E-state index contributed by atoms with van der Waals surface area (Å²) >= 11 is 0. The van der Waals surface area contributed by atoms with Gasteiger partial charge in [0.25, 0.3) is 5.91 Å². The fourth-order valence-corrected chi connectivity index (χ4v) is 2.61. The van der Waals surface area contributed by atoms with Gasteiger partial charge in [-0.2, -0.15) is 0 Å². The van der Waals surface area contributed by atoms with E-state index in [0.29, 0.717) is 12.2 Å². The van der Waals surface area contributed by atoms with Gasteiger partial charge in [-0.25, -0.2) is 0 Å². The number of aliphatic hydroxyl groups is 1. The quantitative estimate of drug-likeness (QED) is 0.736. The maximum absolute atomic E-state index is 12.5. The summed E-state index contributed by atoms with van der Waals surface area (Å²) in [5.74, 6) is -0.788. The molecule has 1 fully saturated rings. The number of likely N-dealkylation sites (tertiary alicyclic amines) is 1. The van der Waals surface area contributed by atoms with Crippen LogP contribution in [0.1, 0.15) is 17.3 Å². The van der Waals surface area contributed by atoms with Crippen molar-refractivity contribution < 1.29 is 19.8 Å². The Morgan fingerprint density at radius 3 is 2.50 bits per heavy atom. The van der Waals surface area contributed by atoms with Gasteiger partial charge in [-0.15, -0.1) is 0 Å². The van der Waals surface area contributed by atoms with Crippen molar-refractivity contribution in [1.29, 1.82) is 0 Å². The predicted octanol–water partition coefficient (Wildman–Crippen LogP) is 0.0975. The highest BCUT2D eigenvalue weighted by molar-refractivity contribution is 5.98. The average Bonchev–Trinajstić information content (AvgIpc) is 2.79. The van der Waals surface area contributed by atoms with Gasteiger partial charge >= 0.3 is 0 Å². The lowest BCUT2D eigenvalue weighted by molar-refractivity contribution is -0.114. The van der Waals surface area contributed by atoms with Crippen LogP contribution < -0.4 is 5.32 Å². The van der Waals surface area contributed by atoms with Gasteiger partial charge in [0.15, 0.2) is 0 Å². The minimum Gasteiger partial charge on any atom is -0.507 e. The Labute approximate surface area is 129 Å². The van der Waals surface area contributed by atoms with Crippen molar-refractivity contribution in [2.75, 3.05) is 32.5 Å². The molecule has 0 unspecified atom stereocenters. The number of aromatic hydroxyl groups is 1. The second kappa shape index (κ2) is 6.33. The molecule has 7 nitrogen and oxygen atoms in total. The number of carbonyl (C=O) groups excluding carboxylic acids is 2. The first-order valence-corrected chi connectivity index (χ1v) is 7.04. The van der Waals surface area contributed by atoms with E-state index in [9.17, 15) is 19.8 Å². The van der Waals surface area contributed by atoms with Crippen LogP contribution in [0.15, 0.2) is 18.2 Å². The van der Waals surface area contributed by atoms with E-state index in [-0.39, 0.29) is 35.7 Å². The second-order valence-electron chi connectivity index (χ2n) is 5.72. The Balaban J connectivity index is 2.15. The highest BCUT2D eigenvalue weighted by Gasteiger charge is 2.36. The van der Waals surface area contributed by atoms with E-state index in [1.165, 1.54) is 24.0 Å². The zero-order valence-corrected chi connectivity index (χ0v) is 12.9.